The quantitative estimate of drug-likeness (QED) is 0.749. The van der Waals surface area contributed by atoms with Gasteiger partial charge in [-0.05, 0) is 7.05 Å². The van der Waals surface area contributed by atoms with E-state index < -0.39 is 12.0 Å². The molecule has 0 unspecified atom stereocenters. The highest BCUT2D eigenvalue weighted by atomic mass is 32.1. The van der Waals surface area contributed by atoms with Crippen LogP contribution in [0.25, 0.3) is 0 Å². The summed E-state index contributed by atoms with van der Waals surface area (Å²) in [6.45, 7) is 1.50. The average molecular weight is 355 g/mol. The number of carbonyl (C=O) groups excluding carboxylic acids is 2. The molecule has 1 aromatic heterocycles. The van der Waals surface area contributed by atoms with Gasteiger partial charge in [0.15, 0.2) is 5.01 Å². The maximum atomic E-state index is 12.3. The summed E-state index contributed by atoms with van der Waals surface area (Å²) < 4.78 is 0. The number of hydrogen-bond acceptors (Lipinski definition) is 6. The molecule has 0 atom stereocenters. The summed E-state index contributed by atoms with van der Waals surface area (Å²) in [7, 11) is 5.17. The molecule has 3 amide bonds. The van der Waals surface area contributed by atoms with Crippen LogP contribution in [0.1, 0.15) is 26.8 Å². The first-order valence-electron chi connectivity index (χ1n) is 7.46. The number of hydrogen-bond donors (Lipinski definition) is 2. The van der Waals surface area contributed by atoms with Gasteiger partial charge in [-0.2, -0.15) is 0 Å². The molecular formula is C14H21N5O4S. The van der Waals surface area contributed by atoms with Crippen LogP contribution < -0.4 is 5.43 Å². The molecule has 10 heteroatoms. The number of likely N-dealkylation sites (N-methyl/N-ethyl adjacent to an activating group) is 1. The highest BCUT2D eigenvalue weighted by Gasteiger charge is 2.24. The molecule has 132 valence electrons. The fourth-order valence-corrected chi connectivity index (χ4v) is 3.30. The fourth-order valence-electron chi connectivity index (χ4n) is 2.22. The zero-order chi connectivity index (χ0) is 17.9. The van der Waals surface area contributed by atoms with Crippen molar-refractivity contribution in [1.29, 1.82) is 0 Å². The van der Waals surface area contributed by atoms with E-state index in [0.29, 0.717) is 0 Å². The van der Waals surface area contributed by atoms with Gasteiger partial charge < -0.3 is 14.9 Å². The molecule has 2 rings (SSSR count). The standard InChI is InChI=1S/C14H21N5O4S/c1-17(2)11(20)5-7-19(14(22)23)16-12(21)13-15-9-4-6-18(3)8-10(9)24-13/h4-8H2,1-3H3,(H,16,21)(H,22,23). The molecule has 0 aromatic carbocycles. The Labute approximate surface area is 143 Å². The van der Waals surface area contributed by atoms with Crippen molar-refractivity contribution in [2.24, 2.45) is 0 Å². The van der Waals surface area contributed by atoms with Gasteiger partial charge >= 0.3 is 6.09 Å². The lowest BCUT2D eigenvalue weighted by Crippen LogP contribution is -2.47. The van der Waals surface area contributed by atoms with Crippen molar-refractivity contribution in [2.75, 3.05) is 34.2 Å². The van der Waals surface area contributed by atoms with Crippen molar-refractivity contribution in [3.8, 4) is 0 Å². The molecule has 1 aliphatic rings. The highest BCUT2D eigenvalue weighted by Crippen LogP contribution is 2.24. The number of fused-ring (bicyclic) bond motifs is 1. The van der Waals surface area contributed by atoms with Gasteiger partial charge in [0.05, 0.1) is 12.2 Å². The van der Waals surface area contributed by atoms with Crippen LogP contribution in [0.15, 0.2) is 0 Å². The van der Waals surface area contributed by atoms with Crippen LogP contribution in [0.4, 0.5) is 4.79 Å². The van der Waals surface area contributed by atoms with Crippen molar-refractivity contribution >= 4 is 29.2 Å². The van der Waals surface area contributed by atoms with Crippen LogP contribution in [0, 0.1) is 0 Å². The third kappa shape index (κ3) is 4.42. The van der Waals surface area contributed by atoms with Gasteiger partial charge in [0.1, 0.15) is 0 Å². The van der Waals surface area contributed by atoms with E-state index in [1.54, 1.807) is 14.1 Å². The number of thiazole rings is 1. The first-order valence-corrected chi connectivity index (χ1v) is 8.28. The molecule has 0 saturated heterocycles. The molecule has 2 N–H and O–H groups in total. The first kappa shape index (κ1) is 18.1. The second-order valence-corrected chi connectivity index (χ2v) is 6.87. The van der Waals surface area contributed by atoms with E-state index in [2.05, 4.69) is 15.3 Å². The van der Waals surface area contributed by atoms with Crippen molar-refractivity contribution in [3.05, 3.63) is 15.6 Å². The normalized spacial score (nSPS) is 14.0. The van der Waals surface area contributed by atoms with Crippen LogP contribution in [-0.2, 0) is 17.8 Å². The SMILES string of the molecule is CN1CCc2nc(C(=O)NN(CCC(=O)N(C)C)C(=O)O)sc2C1. The lowest BCUT2D eigenvalue weighted by atomic mass is 10.2. The third-order valence-corrected chi connectivity index (χ3v) is 4.71. The van der Waals surface area contributed by atoms with Gasteiger partial charge in [-0.25, -0.2) is 14.8 Å². The second kappa shape index (κ2) is 7.58. The van der Waals surface area contributed by atoms with Crippen molar-refractivity contribution < 1.29 is 19.5 Å². The van der Waals surface area contributed by atoms with Gasteiger partial charge in [0.25, 0.3) is 5.91 Å². The molecule has 0 aliphatic carbocycles. The number of hydrazine groups is 1. The number of rotatable bonds is 4. The molecule has 0 fully saturated rings. The van der Waals surface area contributed by atoms with Crippen LogP contribution in [0.2, 0.25) is 0 Å². The zero-order valence-electron chi connectivity index (χ0n) is 13.9. The van der Waals surface area contributed by atoms with Gasteiger partial charge in [-0.1, -0.05) is 0 Å². The Bertz CT molecular complexity index is 645. The van der Waals surface area contributed by atoms with E-state index in [1.165, 1.54) is 16.2 Å². The largest absolute Gasteiger partial charge is 0.464 e. The van der Waals surface area contributed by atoms with Gasteiger partial charge in [0, 0.05) is 44.9 Å². The molecule has 9 nitrogen and oxygen atoms in total. The van der Waals surface area contributed by atoms with Crippen LogP contribution in [-0.4, -0.2) is 77.0 Å². The third-order valence-electron chi connectivity index (χ3n) is 3.63. The Morgan fingerprint density at radius 1 is 1.38 bits per heavy atom. The minimum atomic E-state index is -1.32. The second-order valence-electron chi connectivity index (χ2n) is 5.79. The summed E-state index contributed by atoms with van der Waals surface area (Å²) in [5.41, 5.74) is 3.20. The lowest BCUT2D eigenvalue weighted by Gasteiger charge is -2.20. The number of aromatic nitrogens is 1. The summed E-state index contributed by atoms with van der Waals surface area (Å²) in [6, 6.07) is 0. The van der Waals surface area contributed by atoms with E-state index in [9.17, 15) is 19.5 Å². The number of carboxylic acid groups (broad SMARTS) is 1. The lowest BCUT2D eigenvalue weighted by molar-refractivity contribution is -0.129. The van der Waals surface area contributed by atoms with Crippen molar-refractivity contribution in [2.45, 2.75) is 19.4 Å². The summed E-state index contributed by atoms with van der Waals surface area (Å²) in [5.74, 6) is -0.792. The Morgan fingerprint density at radius 2 is 2.08 bits per heavy atom. The summed E-state index contributed by atoms with van der Waals surface area (Å²) in [5, 5.41) is 10.1. The maximum Gasteiger partial charge on any atom is 0.426 e. The number of nitrogens with one attached hydrogen (secondary N) is 1. The Hall–Kier alpha value is -2.20. The van der Waals surface area contributed by atoms with E-state index >= 15 is 0 Å². The number of nitrogens with zero attached hydrogens (tertiary/aromatic N) is 4. The smallest absolute Gasteiger partial charge is 0.426 e. The number of carbonyl (C=O) groups is 3. The summed E-state index contributed by atoms with van der Waals surface area (Å²) in [6.07, 6.45) is -0.565. The molecule has 0 saturated carbocycles. The minimum Gasteiger partial charge on any atom is -0.464 e. The molecule has 1 aromatic rings. The Morgan fingerprint density at radius 3 is 2.71 bits per heavy atom. The van der Waals surface area contributed by atoms with Crippen molar-refractivity contribution in [1.82, 2.24) is 25.2 Å². The highest BCUT2D eigenvalue weighted by molar-refractivity contribution is 7.13. The van der Waals surface area contributed by atoms with Gasteiger partial charge in [0.2, 0.25) is 5.91 Å². The molecular weight excluding hydrogens is 334 g/mol. The molecule has 2 heterocycles. The Kier molecular flexibility index (Phi) is 5.73. The maximum absolute atomic E-state index is 12.3. The minimum absolute atomic E-state index is 0.0151. The van der Waals surface area contributed by atoms with E-state index in [0.717, 1.165) is 35.1 Å². The topological polar surface area (TPSA) is 106 Å². The molecule has 0 spiro atoms. The van der Waals surface area contributed by atoms with Crippen LogP contribution in [0.3, 0.4) is 0 Å². The monoisotopic (exact) mass is 355 g/mol. The molecule has 1 aliphatic heterocycles. The van der Waals surface area contributed by atoms with Crippen molar-refractivity contribution in [3.63, 3.8) is 0 Å². The van der Waals surface area contributed by atoms with E-state index in [1.807, 2.05) is 7.05 Å². The fraction of sp³-hybridized carbons (Fsp3) is 0.571. The molecule has 0 bridgehead atoms. The summed E-state index contributed by atoms with van der Waals surface area (Å²) in [4.78, 5) is 43.9. The van der Waals surface area contributed by atoms with E-state index in [-0.39, 0.29) is 23.9 Å². The predicted molar refractivity (Wildman–Crippen MR) is 87.7 cm³/mol. The Balaban J connectivity index is 2.00. The summed E-state index contributed by atoms with van der Waals surface area (Å²) >= 11 is 1.27. The zero-order valence-corrected chi connectivity index (χ0v) is 14.7. The van der Waals surface area contributed by atoms with E-state index in [4.69, 9.17) is 0 Å². The van der Waals surface area contributed by atoms with Crippen LogP contribution >= 0.6 is 11.3 Å². The van der Waals surface area contributed by atoms with Gasteiger partial charge in [-0.3, -0.25) is 15.0 Å². The van der Waals surface area contributed by atoms with Crippen LogP contribution in [0.5, 0.6) is 0 Å². The first-order chi connectivity index (χ1) is 11.3. The van der Waals surface area contributed by atoms with Gasteiger partial charge in [-0.15, -0.1) is 11.3 Å². The molecule has 0 radical (unpaired) electrons. The predicted octanol–water partition coefficient (Wildman–Crippen LogP) is 0.234. The average Bonchev–Trinajstić information content (AvgIpc) is 2.93. The molecule has 24 heavy (non-hydrogen) atoms. The number of amides is 3.